The normalized spacial score (nSPS) is 13.1. The second-order valence-electron chi connectivity index (χ2n) is 19.7. The van der Waals surface area contributed by atoms with E-state index in [0.29, 0.717) is 12.8 Å². The van der Waals surface area contributed by atoms with Crippen LogP contribution in [-0.2, 0) is 4.79 Å². The summed E-state index contributed by atoms with van der Waals surface area (Å²) in [5.74, 6) is -0.0262. The third kappa shape index (κ3) is 51.3. The summed E-state index contributed by atoms with van der Waals surface area (Å²) in [4.78, 5) is 12.5. The zero-order valence-electron chi connectivity index (χ0n) is 43.3. The molecule has 0 saturated carbocycles. The maximum atomic E-state index is 12.5. The van der Waals surface area contributed by atoms with E-state index < -0.39 is 12.1 Å². The summed E-state index contributed by atoms with van der Waals surface area (Å²) in [6, 6.07) is -0.536. The number of carbonyl (C=O) groups is 1. The maximum absolute atomic E-state index is 12.5. The Hall–Kier alpha value is -1.65. The van der Waals surface area contributed by atoms with Gasteiger partial charge in [-0.25, -0.2) is 0 Å². The highest BCUT2D eigenvalue weighted by Gasteiger charge is 2.20. The fraction of sp³-hybridized carbons (Fsp3) is 0.850. The van der Waals surface area contributed by atoms with Gasteiger partial charge in [-0.15, -0.1) is 0 Å². The van der Waals surface area contributed by atoms with E-state index in [1.807, 2.05) is 0 Å². The van der Waals surface area contributed by atoms with Gasteiger partial charge in [0.2, 0.25) is 5.91 Å². The Balaban J connectivity index is 3.42. The van der Waals surface area contributed by atoms with E-state index in [4.69, 9.17) is 0 Å². The number of aliphatic hydroxyl groups is 2. The monoisotopic (exact) mass is 896 g/mol. The van der Waals surface area contributed by atoms with Gasteiger partial charge in [0.15, 0.2) is 0 Å². The van der Waals surface area contributed by atoms with Crippen LogP contribution in [0.25, 0.3) is 0 Å². The van der Waals surface area contributed by atoms with E-state index in [1.165, 1.54) is 231 Å². The predicted octanol–water partition coefficient (Wildman–Crippen LogP) is 19.0. The molecular formula is C60H113NO3. The topological polar surface area (TPSA) is 69.6 Å². The van der Waals surface area contributed by atoms with Crippen molar-refractivity contribution in [3.8, 4) is 0 Å². The van der Waals surface area contributed by atoms with Crippen LogP contribution in [0.2, 0.25) is 0 Å². The van der Waals surface area contributed by atoms with Gasteiger partial charge in [-0.2, -0.15) is 0 Å². The van der Waals surface area contributed by atoms with E-state index in [9.17, 15) is 15.0 Å². The van der Waals surface area contributed by atoms with Gasteiger partial charge in [-0.1, -0.05) is 300 Å². The predicted molar refractivity (Wildman–Crippen MR) is 285 cm³/mol. The number of amides is 1. The summed E-state index contributed by atoms with van der Waals surface area (Å²) in [5, 5.41) is 23.3. The molecule has 0 aliphatic rings. The molecule has 2 atom stereocenters. The molecule has 0 radical (unpaired) electrons. The molecule has 3 N–H and O–H groups in total. The van der Waals surface area contributed by atoms with Crippen molar-refractivity contribution in [3.05, 3.63) is 48.6 Å². The van der Waals surface area contributed by atoms with E-state index >= 15 is 0 Å². The highest BCUT2D eigenvalue weighted by atomic mass is 16.3. The number of nitrogens with one attached hydrogen (secondary N) is 1. The zero-order chi connectivity index (χ0) is 46.3. The van der Waals surface area contributed by atoms with Gasteiger partial charge >= 0.3 is 0 Å². The third-order valence-electron chi connectivity index (χ3n) is 13.4. The van der Waals surface area contributed by atoms with Gasteiger partial charge in [0.05, 0.1) is 18.8 Å². The molecule has 1 amide bonds. The van der Waals surface area contributed by atoms with E-state index in [0.717, 1.165) is 51.4 Å². The van der Waals surface area contributed by atoms with Crippen LogP contribution < -0.4 is 5.32 Å². The summed E-state index contributed by atoms with van der Waals surface area (Å²) in [5.41, 5.74) is 0. The third-order valence-corrected chi connectivity index (χ3v) is 13.4. The van der Waals surface area contributed by atoms with Crippen molar-refractivity contribution in [2.45, 2.75) is 321 Å². The number of carbonyl (C=O) groups excluding carboxylic acids is 1. The van der Waals surface area contributed by atoms with Crippen LogP contribution in [0.3, 0.4) is 0 Å². The first-order chi connectivity index (χ1) is 31.7. The second-order valence-corrected chi connectivity index (χ2v) is 19.7. The lowest BCUT2D eigenvalue weighted by atomic mass is 10.0. The smallest absolute Gasteiger partial charge is 0.220 e. The van der Waals surface area contributed by atoms with Crippen molar-refractivity contribution in [3.63, 3.8) is 0 Å². The van der Waals surface area contributed by atoms with Crippen molar-refractivity contribution < 1.29 is 15.0 Å². The zero-order valence-corrected chi connectivity index (χ0v) is 43.3. The quantitative estimate of drug-likeness (QED) is 0.0421. The minimum absolute atomic E-state index is 0.0262. The number of unbranched alkanes of at least 4 members (excludes halogenated alkanes) is 38. The molecule has 0 aromatic rings. The molecule has 0 fully saturated rings. The van der Waals surface area contributed by atoms with Crippen LogP contribution in [-0.4, -0.2) is 34.9 Å². The fourth-order valence-electron chi connectivity index (χ4n) is 9.00. The minimum atomic E-state index is -0.659. The molecule has 0 saturated heterocycles. The lowest BCUT2D eigenvalue weighted by molar-refractivity contribution is -0.123. The van der Waals surface area contributed by atoms with Gasteiger partial charge in [0.1, 0.15) is 0 Å². The molecule has 64 heavy (non-hydrogen) atoms. The van der Waals surface area contributed by atoms with Crippen molar-refractivity contribution in [1.29, 1.82) is 0 Å². The molecule has 2 unspecified atom stereocenters. The van der Waals surface area contributed by atoms with Crippen LogP contribution in [0.4, 0.5) is 0 Å². The van der Waals surface area contributed by atoms with Gasteiger partial charge in [0.25, 0.3) is 0 Å². The molecule has 0 aliphatic heterocycles. The maximum Gasteiger partial charge on any atom is 0.220 e. The van der Waals surface area contributed by atoms with Crippen molar-refractivity contribution in [2.75, 3.05) is 6.61 Å². The lowest BCUT2D eigenvalue weighted by Gasteiger charge is -2.22. The molecule has 0 spiro atoms. The fourth-order valence-corrected chi connectivity index (χ4v) is 9.00. The Labute approximate surface area is 401 Å². The summed E-state index contributed by atoms with van der Waals surface area (Å²) < 4.78 is 0. The SMILES string of the molecule is CC/C=C\C/C=C\C/C=C\C/C=C\CCCCCCCCCCCCCCCCCCCCCCC(=O)NC(CO)C(O)CCCCCCCCCCCCCCCCCCCCC. The van der Waals surface area contributed by atoms with E-state index in [2.05, 4.69) is 67.8 Å². The first kappa shape index (κ1) is 62.4. The van der Waals surface area contributed by atoms with Crippen LogP contribution in [0.15, 0.2) is 48.6 Å². The largest absolute Gasteiger partial charge is 0.394 e. The molecule has 0 aromatic heterocycles. The number of hydrogen-bond acceptors (Lipinski definition) is 3. The molecule has 0 heterocycles. The Bertz CT molecular complexity index is 1020. The van der Waals surface area contributed by atoms with Gasteiger partial charge < -0.3 is 15.5 Å². The van der Waals surface area contributed by atoms with Crippen LogP contribution in [0, 0.1) is 0 Å². The molecule has 4 heteroatoms. The molecule has 0 aliphatic carbocycles. The minimum Gasteiger partial charge on any atom is -0.394 e. The van der Waals surface area contributed by atoms with Gasteiger partial charge in [-0.05, 0) is 51.4 Å². The molecule has 376 valence electrons. The molecule has 4 nitrogen and oxygen atoms in total. The average Bonchev–Trinajstić information content (AvgIpc) is 3.30. The summed E-state index contributed by atoms with van der Waals surface area (Å²) in [7, 11) is 0. The Morgan fingerprint density at radius 1 is 0.391 bits per heavy atom. The molecule has 0 rings (SSSR count). The molecule has 0 bridgehead atoms. The summed E-state index contributed by atoms with van der Waals surface area (Å²) in [6.07, 6.45) is 76.8. The van der Waals surface area contributed by atoms with Gasteiger partial charge in [-0.3, -0.25) is 4.79 Å². The number of allylic oxidation sites excluding steroid dienone is 8. The Kier molecular flexibility index (Phi) is 54.2. The van der Waals surface area contributed by atoms with Crippen LogP contribution in [0.5, 0.6) is 0 Å². The Morgan fingerprint density at radius 2 is 0.688 bits per heavy atom. The number of rotatable bonds is 53. The number of hydrogen-bond donors (Lipinski definition) is 3. The summed E-state index contributed by atoms with van der Waals surface area (Å²) in [6.45, 7) is 4.27. The van der Waals surface area contributed by atoms with Crippen LogP contribution in [0.1, 0.15) is 309 Å². The van der Waals surface area contributed by atoms with Gasteiger partial charge in [0, 0.05) is 6.42 Å². The lowest BCUT2D eigenvalue weighted by Crippen LogP contribution is -2.45. The van der Waals surface area contributed by atoms with Crippen molar-refractivity contribution in [2.24, 2.45) is 0 Å². The second kappa shape index (κ2) is 55.7. The van der Waals surface area contributed by atoms with Crippen molar-refractivity contribution in [1.82, 2.24) is 5.32 Å². The first-order valence-electron chi connectivity index (χ1n) is 28.8. The van der Waals surface area contributed by atoms with Crippen molar-refractivity contribution >= 4 is 5.91 Å². The standard InChI is InChI=1S/C60H113NO3/c1-3-5-7-9-11-13-15-17-19-21-23-24-25-26-27-28-29-30-31-32-33-34-35-36-38-40-42-44-46-48-50-52-54-56-60(64)61-58(57-62)59(63)55-53-51-49-47-45-43-41-39-37-22-20-18-16-14-12-10-8-6-4-2/h5,7,11,13,17,19,23-24,58-59,62-63H,3-4,6,8-10,12,14-16,18,20-22,25-57H2,1-2H3,(H,61,64)/b7-5-,13-11-,19-17-,24-23-. The highest BCUT2D eigenvalue weighted by Crippen LogP contribution is 2.18. The Morgan fingerprint density at radius 3 is 1.03 bits per heavy atom. The van der Waals surface area contributed by atoms with Crippen LogP contribution >= 0.6 is 0 Å². The molecule has 0 aromatic carbocycles. The van der Waals surface area contributed by atoms with E-state index in [1.54, 1.807) is 0 Å². The number of aliphatic hydroxyl groups excluding tert-OH is 2. The average molecular weight is 897 g/mol. The van der Waals surface area contributed by atoms with E-state index in [-0.39, 0.29) is 12.5 Å². The first-order valence-corrected chi connectivity index (χ1v) is 28.8. The highest BCUT2D eigenvalue weighted by molar-refractivity contribution is 5.76. The summed E-state index contributed by atoms with van der Waals surface area (Å²) >= 11 is 0. The molecular weight excluding hydrogens is 783 g/mol.